The van der Waals surface area contributed by atoms with Gasteiger partial charge in [-0.1, -0.05) is 60.7 Å². The van der Waals surface area contributed by atoms with E-state index >= 15 is 0 Å². The van der Waals surface area contributed by atoms with E-state index in [2.05, 4.69) is 5.32 Å². The molecule has 0 radical (unpaired) electrons. The first-order valence-corrected chi connectivity index (χ1v) is 9.13. The summed E-state index contributed by atoms with van der Waals surface area (Å²) in [6.45, 7) is 0. The summed E-state index contributed by atoms with van der Waals surface area (Å²) < 4.78 is 46.6. The maximum Gasteiger partial charge on any atom is 0.261 e. The fourth-order valence-corrected chi connectivity index (χ4v) is 3.17. The second-order valence-corrected chi connectivity index (χ2v) is 6.53. The maximum atomic E-state index is 14.0. The van der Waals surface area contributed by atoms with E-state index < -0.39 is 28.9 Å². The van der Waals surface area contributed by atoms with Gasteiger partial charge in [-0.15, -0.1) is 0 Å². The number of hydrogen-bond acceptors (Lipinski definition) is 3. The van der Waals surface area contributed by atoms with E-state index in [4.69, 9.17) is 4.42 Å². The van der Waals surface area contributed by atoms with Gasteiger partial charge in [-0.25, -0.2) is 13.2 Å². The van der Waals surface area contributed by atoms with Crippen LogP contribution in [0.4, 0.5) is 19.1 Å². The predicted octanol–water partition coefficient (Wildman–Crippen LogP) is 6.15. The Morgan fingerprint density at radius 2 is 1.45 bits per heavy atom. The van der Waals surface area contributed by atoms with Crippen molar-refractivity contribution in [1.82, 2.24) is 0 Å². The van der Waals surface area contributed by atoms with Gasteiger partial charge in [0.1, 0.15) is 17.4 Å². The number of carbonyl (C=O) groups is 1. The summed E-state index contributed by atoms with van der Waals surface area (Å²) in [4.78, 5) is 12.6. The largest absolute Gasteiger partial charge is 0.438 e. The standard InChI is InChI=1S/C24H13F3N2O2/c25-18-12-11-16(20(26)21(18)27)23(30)29-24-17(13-28)19(14-7-3-1-4-8-14)22(31-24)15-9-5-2-6-10-15/h1-12H,(H,29,30). The molecule has 0 atom stereocenters. The van der Waals surface area contributed by atoms with E-state index in [9.17, 15) is 23.2 Å². The van der Waals surface area contributed by atoms with Gasteiger partial charge < -0.3 is 4.42 Å². The first-order valence-electron chi connectivity index (χ1n) is 9.13. The molecule has 0 unspecified atom stereocenters. The van der Waals surface area contributed by atoms with Crippen LogP contribution in [0.15, 0.2) is 77.2 Å². The van der Waals surface area contributed by atoms with E-state index in [0.29, 0.717) is 28.5 Å². The third kappa shape index (κ3) is 3.67. The molecule has 7 heteroatoms. The Bertz CT molecular complexity index is 1310. The number of halogens is 3. The molecule has 4 rings (SSSR count). The average Bonchev–Trinajstić information content (AvgIpc) is 3.16. The highest BCUT2D eigenvalue weighted by Crippen LogP contribution is 2.41. The van der Waals surface area contributed by atoms with Gasteiger partial charge in [0.2, 0.25) is 5.88 Å². The van der Waals surface area contributed by atoms with Gasteiger partial charge in [-0.2, -0.15) is 5.26 Å². The molecule has 1 heterocycles. The molecule has 4 aromatic rings. The lowest BCUT2D eigenvalue weighted by Crippen LogP contribution is -2.15. The molecule has 0 aliphatic rings. The summed E-state index contributed by atoms with van der Waals surface area (Å²) in [7, 11) is 0. The van der Waals surface area contributed by atoms with Crippen LogP contribution >= 0.6 is 0 Å². The number of nitriles is 1. The van der Waals surface area contributed by atoms with Crippen LogP contribution < -0.4 is 5.32 Å². The second kappa shape index (κ2) is 8.20. The molecule has 3 aromatic carbocycles. The van der Waals surface area contributed by atoms with Crippen molar-refractivity contribution in [3.63, 3.8) is 0 Å². The monoisotopic (exact) mass is 418 g/mol. The van der Waals surface area contributed by atoms with E-state index in [1.54, 1.807) is 48.5 Å². The van der Waals surface area contributed by atoms with E-state index in [1.807, 2.05) is 18.2 Å². The summed E-state index contributed by atoms with van der Waals surface area (Å²) >= 11 is 0. The molecule has 0 aliphatic carbocycles. The normalized spacial score (nSPS) is 10.5. The number of nitrogens with zero attached hydrogens (tertiary/aromatic N) is 1. The number of carbonyl (C=O) groups excluding carboxylic acids is 1. The molecule has 0 fully saturated rings. The SMILES string of the molecule is N#Cc1c(NC(=O)c2ccc(F)c(F)c2F)oc(-c2ccccc2)c1-c1ccccc1. The number of nitrogens with one attached hydrogen (secondary N) is 1. The molecule has 0 saturated heterocycles. The molecule has 0 bridgehead atoms. The molecule has 1 amide bonds. The van der Waals surface area contributed by atoms with Gasteiger partial charge in [0.05, 0.1) is 5.56 Å². The molecule has 4 nitrogen and oxygen atoms in total. The van der Waals surface area contributed by atoms with Crippen LogP contribution in [0.25, 0.3) is 22.5 Å². The van der Waals surface area contributed by atoms with E-state index in [0.717, 1.165) is 6.07 Å². The number of amides is 1. The Morgan fingerprint density at radius 3 is 2.06 bits per heavy atom. The maximum absolute atomic E-state index is 14.0. The van der Waals surface area contributed by atoms with Gasteiger partial charge in [-0.3, -0.25) is 10.1 Å². The number of rotatable bonds is 4. The lowest BCUT2D eigenvalue weighted by molar-refractivity contribution is 0.101. The van der Waals surface area contributed by atoms with Gasteiger partial charge in [0.15, 0.2) is 17.5 Å². The summed E-state index contributed by atoms with van der Waals surface area (Å²) in [5.41, 5.74) is 1.05. The first-order chi connectivity index (χ1) is 15.0. The van der Waals surface area contributed by atoms with E-state index in [-0.39, 0.29) is 11.4 Å². The molecule has 0 aliphatic heterocycles. The van der Waals surface area contributed by atoms with Crippen molar-refractivity contribution in [3.8, 4) is 28.5 Å². The Kier molecular flexibility index (Phi) is 5.29. The molecule has 0 saturated carbocycles. The zero-order valence-electron chi connectivity index (χ0n) is 15.8. The quantitative estimate of drug-likeness (QED) is 0.404. The molecule has 152 valence electrons. The van der Waals surface area contributed by atoms with Crippen molar-refractivity contribution in [3.05, 3.63) is 101 Å². The van der Waals surface area contributed by atoms with Gasteiger partial charge in [0.25, 0.3) is 5.91 Å². The van der Waals surface area contributed by atoms with Crippen LogP contribution in [0.5, 0.6) is 0 Å². The van der Waals surface area contributed by atoms with Gasteiger partial charge in [-0.05, 0) is 17.7 Å². The van der Waals surface area contributed by atoms with Crippen molar-refractivity contribution in [2.24, 2.45) is 0 Å². The Hall–Kier alpha value is -4.31. The molecule has 31 heavy (non-hydrogen) atoms. The van der Waals surface area contributed by atoms with Crippen LogP contribution in [0.3, 0.4) is 0 Å². The van der Waals surface area contributed by atoms with Crippen molar-refractivity contribution >= 4 is 11.8 Å². The van der Waals surface area contributed by atoms with Crippen LogP contribution in [-0.2, 0) is 0 Å². The van der Waals surface area contributed by atoms with Crippen LogP contribution in [0.1, 0.15) is 15.9 Å². The van der Waals surface area contributed by atoms with Crippen LogP contribution in [0.2, 0.25) is 0 Å². The Balaban J connectivity index is 1.84. The fraction of sp³-hybridized carbons (Fsp3) is 0. The minimum Gasteiger partial charge on any atom is -0.438 e. The number of hydrogen-bond donors (Lipinski definition) is 1. The van der Waals surface area contributed by atoms with E-state index in [1.165, 1.54) is 0 Å². The molecular formula is C24H13F3N2O2. The van der Waals surface area contributed by atoms with Crippen molar-refractivity contribution in [2.45, 2.75) is 0 Å². The summed E-state index contributed by atoms with van der Waals surface area (Å²) in [6.07, 6.45) is 0. The minimum absolute atomic E-state index is 0.0152. The molecule has 1 aromatic heterocycles. The highest BCUT2D eigenvalue weighted by molar-refractivity contribution is 6.05. The zero-order valence-corrected chi connectivity index (χ0v) is 15.8. The van der Waals surface area contributed by atoms with Gasteiger partial charge >= 0.3 is 0 Å². The lowest BCUT2D eigenvalue weighted by atomic mass is 9.98. The minimum atomic E-state index is -1.76. The second-order valence-electron chi connectivity index (χ2n) is 6.53. The highest BCUT2D eigenvalue weighted by atomic mass is 19.2. The zero-order chi connectivity index (χ0) is 22.0. The predicted molar refractivity (Wildman–Crippen MR) is 109 cm³/mol. The average molecular weight is 418 g/mol. The summed E-state index contributed by atoms with van der Waals surface area (Å²) in [5.74, 6) is -5.79. The third-order valence-electron chi connectivity index (χ3n) is 4.63. The van der Waals surface area contributed by atoms with Crippen molar-refractivity contribution in [1.29, 1.82) is 5.26 Å². The Labute approximate surface area is 175 Å². The number of benzene rings is 3. The first kappa shape index (κ1) is 20.0. The third-order valence-corrected chi connectivity index (χ3v) is 4.63. The molecule has 1 N–H and O–H groups in total. The number of furan rings is 1. The van der Waals surface area contributed by atoms with Crippen LogP contribution in [0, 0.1) is 28.8 Å². The van der Waals surface area contributed by atoms with Crippen molar-refractivity contribution < 1.29 is 22.4 Å². The van der Waals surface area contributed by atoms with Gasteiger partial charge in [0, 0.05) is 11.1 Å². The number of anilines is 1. The lowest BCUT2D eigenvalue weighted by Gasteiger charge is -2.05. The Morgan fingerprint density at radius 1 is 0.839 bits per heavy atom. The van der Waals surface area contributed by atoms with Crippen molar-refractivity contribution in [2.75, 3.05) is 5.32 Å². The summed E-state index contributed by atoms with van der Waals surface area (Å²) in [6, 6.07) is 21.3. The smallest absolute Gasteiger partial charge is 0.261 e. The summed E-state index contributed by atoms with van der Waals surface area (Å²) in [5, 5.41) is 12.1. The molecule has 0 spiro atoms. The fourth-order valence-electron chi connectivity index (χ4n) is 3.17. The van der Waals surface area contributed by atoms with Crippen LogP contribution in [-0.4, -0.2) is 5.91 Å². The topological polar surface area (TPSA) is 66.0 Å². The molecular weight excluding hydrogens is 405 g/mol. The highest BCUT2D eigenvalue weighted by Gasteiger charge is 2.26.